The normalized spacial score (nSPS) is 24.6. The van der Waals surface area contributed by atoms with Gasteiger partial charge in [0.05, 0.1) is 0 Å². The maximum atomic E-state index is 5.71. The van der Waals surface area contributed by atoms with E-state index in [1.807, 2.05) is 0 Å². The highest BCUT2D eigenvalue weighted by molar-refractivity contribution is 5.27. The zero-order valence-electron chi connectivity index (χ0n) is 11.7. The standard InChI is InChI=1S/C16H25N3/c17-8-7-14-4-1-2-5-15(14)12-18-10-11-19-9-3-6-16(19)13-18/h1-2,4-5,16H,3,6-13,17H2. The highest BCUT2D eigenvalue weighted by Crippen LogP contribution is 2.23. The minimum Gasteiger partial charge on any atom is -0.330 e. The first-order valence-electron chi connectivity index (χ1n) is 7.60. The molecule has 1 aromatic rings. The number of hydrogen-bond donors (Lipinski definition) is 1. The van der Waals surface area contributed by atoms with Crippen LogP contribution in [0.5, 0.6) is 0 Å². The molecule has 0 radical (unpaired) electrons. The van der Waals surface area contributed by atoms with Crippen molar-refractivity contribution in [2.75, 3.05) is 32.7 Å². The molecule has 3 rings (SSSR count). The summed E-state index contributed by atoms with van der Waals surface area (Å²) >= 11 is 0. The first-order valence-corrected chi connectivity index (χ1v) is 7.60. The molecular formula is C16H25N3. The Morgan fingerprint density at radius 1 is 1.11 bits per heavy atom. The van der Waals surface area contributed by atoms with Crippen LogP contribution in [0.4, 0.5) is 0 Å². The number of rotatable bonds is 4. The van der Waals surface area contributed by atoms with E-state index in [1.165, 1.54) is 50.1 Å². The highest BCUT2D eigenvalue weighted by atomic mass is 15.3. The summed E-state index contributed by atoms with van der Waals surface area (Å²) in [5.41, 5.74) is 8.61. The molecule has 0 saturated carbocycles. The zero-order chi connectivity index (χ0) is 13.1. The minimum absolute atomic E-state index is 0.743. The molecule has 3 heteroatoms. The average Bonchev–Trinajstić information content (AvgIpc) is 2.89. The third kappa shape index (κ3) is 2.99. The fourth-order valence-corrected chi connectivity index (χ4v) is 3.55. The van der Waals surface area contributed by atoms with Crippen molar-refractivity contribution in [3.05, 3.63) is 35.4 Å². The summed E-state index contributed by atoms with van der Waals surface area (Å²) < 4.78 is 0. The quantitative estimate of drug-likeness (QED) is 0.889. The Kier molecular flexibility index (Phi) is 4.16. The van der Waals surface area contributed by atoms with E-state index < -0.39 is 0 Å². The Balaban J connectivity index is 1.65. The molecule has 1 unspecified atom stereocenters. The molecular weight excluding hydrogens is 234 g/mol. The lowest BCUT2D eigenvalue weighted by atomic mass is 10.0. The average molecular weight is 259 g/mol. The number of hydrogen-bond acceptors (Lipinski definition) is 3. The summed E-state index contributed by atoms with van der Waals surface area (Å²) in [4.78, 5) is 5.30. The Morgan fingerprint density at radius 3 is 2.79 bits per heavy atom. The van der Waals surface area contributed by atoms with E-state index in [1.54, 1.807) is 0 Å². The molecule has 2 heterocycles. The largest absolute Gasteiger partial charge is 0.330 e. The number of benzene rings is 1. The van der Waals surface area contributed by atoms with Crippen LogP contribution in [0.2, 0.25) is 0 Å². The van der Waals surface area contributed by atoms with Crippen LogP contribution >= 0.6 is 0 Å². The molecule has 0 aromatic heterocycles. The molecule has 0 amide bonds. The fraction of sp³-hybridized carbons (Fsp3) is 0.625. The van der Waals surface area contributed by atoms with E-state index in [4.69, 9.17) is 5.73 Å². The molecule has 1 aromatic carbocycles. The maximum absolute atomic E-state index is 5.71. The van der Waals surface area contributed by atoms with E-state index in [9.17, 15) is 0 Å². The van der Waals surface area contributed by atoms with E-state index in [-0.39, 0.29) is 0 Å². The summed E-state index contributed by atoms with van der Waals surface area (Å²) in [6.45, 7) is 6.88. The summed E-state index contributed by atoms with van der Waals surface area (Å²) in [6.07, 6.45) is 3.78. The Morgan fingerprint density at radius 2 is 1.95 bits per heavy atom. The van der Waals surface area contributed by atoms with E-state index in [2.05, 4.69) is 34.1 Å². The van der Waals surface area contributed by atoms with E-state index in [0.717, 1.165) is 25.6 Å². The SMILES string of the molecule is NCCc1ccccc1CN1CCN2CCCC2C1. The molecule has 104 valence electrons. The second-order valence-corrected chi connectivity index (χ2v) is 5.87. The van der Waals surface area contributed by atoms with Crippen LogP contribution in [-0.2, 0) is 13.0 Å². The summed E-state index contributed by atoms with van der Waals surface area (Å²) in [7, 11) is 0. The first-order chi connectivity index (χ1) is 9.36. The number of fused-ring (bicyclic) bond motifs is 1. The smallest absolute Gasteiger partial charge is 0.0237 e. The maximum Gasteiger partial charge on any atom is 0.0237 e. The number of nitrogens with two attached hydrogens (primary N) is 1. The molecule has 19 heavy (non-hydrogen) atoms. The van der Waals surface area contributed by atoms with Crippen molar-refractivity contribution in [3.8, 4) is 0 Å². The topological polar surface area (TPSA) is 32.5 Å². The van der Waals surface area contributed by atoms with Crippen LogP contribution in [0.25, 0.3) is 0 Å². The molecule has 2 saturated heterocycles. The van der Waals surface area contributed by atoms with Crippen LogP contribution in [0.3, 0.4) is 0 Å². The van der Waals surface area contributed by atoms with Crippen molar-refractivity contribution in [3.63, 3.8) is 0 Å². The molecule has 2 aliphatic rings. The number of nitrogens with zero attached hydrogens (tertiary/aromatic N) is 2. The van der Waals surface area contributed by atoms with Gasteiger partial charge in [0.15, 0.2) is 0 Å². The van der Waals surface area contributed by atoms with Gasteiger partial charge in [0.1, 0.15) is 0 Å². The lowest BCUT2D eigenvalue weighted by Gasteiger charge is -2.37. The zero-order valence-corrected chi connectivity index (χ0v) is 11.7. The van der Waals surface area contributed by atoms with E-state index >= 15 is 0 Å². The molecule has 1 atom stereocenters. The van der Waals surface area contributed by atoms with Crippen molar-refractivity contribution >= 4 is 0 Å². The third-order valence-electron chi connectivity index (χ3n) is 4.60. The van der Waals surface area contributed by atoms with Crippen LogP contribution in [0.15, 0.2) is 24.3 Å². The van der Waals surface area contributed by atoms with Crippen molar-refractivity contribution in [2.24, 2.45) is 5.73 Å². The molecule has 0 spiro atoms. The summed E-state index contributed by atoms with van der Waals surface area (Å²) in [5.74, 6) is 0. The van der Waals surface area contributed by atoms with Gasteiger partial charge < -0.3 is 5.73 Å². The summed E-state index contributed by atoms with van der Waals surface area (Å²) in [6, 6.07) is 9.60. The molecule has 2 aliphatic heterocycles. The lowest BCUT2D eigenvalue weighted by molar-refractivity contribution is 0.0992. The van der Waals surface area contributed by atoms with Gasteiger partial charge >= 0.3 is 0 Å². The second kappa shape index (κ2) is 6.04. The fourth-order valence-electron chi connectivity index (χ4n) is 3.55. The lowest BCUT2D eigenvalue weighted by Crippen LogP contribution is -2.49. The first kappa shape index (κ1) is 13.1. The van der Waals surface area contributed by atoms with Gasteiger partial charge in [0, 0.05) is 32.2 Å². The monoisotopic (exact) mass is 259 g/mol. The molecule has 2 fully saturated rings. The van der Waals surface area contributed by atoms with E-state index in [0.29, 0.717) is 0 Å². The minimum atomic E-state index is 0.743. The van der Waals surface area contributed by atoms with Crippen molar-refractivity contribution in [2.45, 2.75) is 31.8 Å². The number of piperazine rings is 1. The predicted octanol–water partition coefficient (Wildman–Crippen LogP) is 1.47. The van der Waals surface area contributed by atoms with Gasteiger partial charge in [-0.25, -0.2) is 0 Å². The molecule has 0 bridgehead atoms. The van der Waals surface area contributed by atoms with Crippen molar-refractivity contribution in [1.29, 1.82) is 0 Å². The molecule has 3 nitrogen and oxygen atoms in total. The summed E-state index contributed by atoms with van der Waals surface area (Å²) in [5, 5.41) is 0. The highest BCUT2D eigenvalue weighted by Gasteiger charge is 2.30. The van der Waals surface area contributed by atoms with Crippen molar-refractivity contribution in [1.82, 2.24) is 9.80 Å². The third-order valence-corrected chi connectivity index (χ3v) is 4.60. The van der Waals surface area contributed by atoms with Crippen LogP contribution in [0.1, 0.15) is 24.0 Å². The van der Waals surface area contributed by atoms with Gasteiger partial charge in [-0.15, -0.1) is 0 Å². The van der Waals surface area contributed by atoms with Gasteiger partial charge in [-0.1, -0.05) is 24.3 Å². The van der Waals surface area contributed by atoms with Crippen LogP contribution < -0.4 is 5.73 Å². The van der Waals surface area contributed by atoms with Crippen molar-refractivity contribution < 1.29 is 0 Å². The Hall–Kier alpha value is -0.900. The van der Waals surface area contributed by atoms with Gasteiger partial charge in [0.2, 0.25) is 0 Å². The molecule has 0 aliphatic carbocycles. The van der Waals surface area contributed by atoms with Crippen LogP contribution in [0, 0.1) is 0 Å². The Labute approximate surface area is 116 Å². The van der Waals surface area contributed by atoms with Crippen LogP contribution in [-0.4, -0.2) is 48.6 Å². The van der Waals surface area contributed by atoms with Gasteiger partial charge in [-0.3, -0.25) is 9.80 Å². The van der Waals surface area contributed by atoms with Gasteiger partial charge in [-0.2, -0.15) is 0 Å². The molecule has 2 N–H and O–H groups in total. The predicted molar refractivity (Wildman–Crippen MR) is 79.1 cm³/mol. The van der Waals surface area contributed by atoms with Gasteiger partial charge in [0.25, 0.3) is 0 Å². The van der Waals surface area contributed by atoms with Gasteiger partial charge in [-0.05, 0) is 43.5 Å². The second-order valence-electron chi connectivity index (χ2n) is 5.87. The Bertz CT molecular complexity index is 418.